The highest BCUT2D eigenvalue weighted by Gasteiger charge is 2.29. The van der Waals surface area contributed by atoms with E-state index < -0.39 is 53.3 Å². The standard InChI is InChI=1S/C31H38N4O8/c1-19(33-29(41)43-31(5,6)7)25(27(38)39)35-26(37)22-14-10-20(11-15-22)8-9-21-12-16-23(17-13-21)34-24(36)18-32-28(40)42-30(2,3)4/h10-17,19,25H,18H2,1-7H3,(H,32,40)(H,33,41)(H,34,36)(H,35,37)(H,38,39)/t19?,25-/m0/s1. The maximum absolute atomic E-state index is 12.7. The molecule has 0 heterocycles. The Morgan fingerprint density at radius 2 is 1.26 bits per heavy atom. The Balaban J connectivity index is 1.93. The number of amides is 4. The summed E-state index contributed by atoms with van der Waals surface area (Å²) in [6.07, 6.45) is -1.48. The van der Waals surface area contributed by atoms with Crippen molar-refractivity contribution in [3.05, 3.63) is 65.2 Å². The van der Waals surface area contributed by atoms with Gasteiger partial charge in [-0.25, -0.2) is 14.4 Å². The van der Waals surface area contributed by atoms with E-state index in [2.05, 4.69) is 33.1 Å². The molecule has 0 saturated heterocycles. The van der Waals surface area contributed by atoms with E-state index in [0.29, 0.717) is 16.8 Å². The van der Waals surface area contributed by atoms with Crippen LogP contribution < -0.4 is 21.3 Å². The molecule has 0 spiro atoms. The second-order valence-corrected chi connectivity index (χ2v) is 11.5. The molecule has 43 heavy (non-hydrogen) atoms. The first-order valence-corrected chi connectivity index (χ1v) is 13.4. The van der Waals surface area contributed by atoms with Gasteiger partial charge < -0.3 is 35.8 Å². The molecule has 2 aromatic rings. The molecule has 0 saturated carbocycles. The molecule has 1 unspecified atom stereocenters. The van der Waals surface area contributed by atoms with Crippen molar-refractivity contribution in [3.63, 3.8) is 0 Å². The van der Waals surface area contributed by atoms with Crippen LogP contribution in [-0.4, -0.2) is 64.9 Å². The molecule has 0 aliphatic heterocycles. The van der Waals surface area contributed by atoms with Gasteiger partial charge in [-0.15, -0.1) is 0 Å². The van der Waals surface area contributed by atoms with Crippen LogP contribution in [0.1, 0.15) is 70.0 Å². The molecule has 12 nitrogen and oxygen atoms in total. The number of carbonyl (C=O) groups is 5. The fraction of sp³-hybridized carbons (Fsp3) is 0.387. The molecule has 4 amide bonds. The number of carboxylic acids is 1. The molecular formula is C31H38N4O8. The Bertz CT molecular complexity index is 1380. The van der Waals surface area contributed by atoms with Crippen molar-refractivity contribution in [2.45, 2.75) is 71.8 Å². The van der Waals surface area contributed by atoms with E-state index in [-0.39, 0.29) is 12.1 Å². The van der Waals surface area contributed by atoms with E-state index in [1.54, 1.807) is 77.9 Å². The number of alkyl carbamates (subject to hydrolysis) is 2. The van der Waals surface area contributed by atoms with Gasteiger partial charge in [-0.1, -0.05) is 11.8 Å². The molecule has 0 aliphatic carbocycles. The topological polar surface area (TPSA) is 172 Å². The number of benzene rings is 2. The third-order valence-corrected chi connectivity index (χ3v) is 5.26. The molecule has 0 bridgehead atoms. The van der Waals surface area contributed by atoms with E-state index in [1.165, 1.54) is 19.1 Å². The number of aliphatic carboxylic acids is 1. The number of ether oxygens (including phenoxy) is 2. The summed E-state index contributed by atoms with van der Waals surface area (Å²) in [6, 6.07) is 10.7. The van der Waals surface area contributed by atoms with Crippen LogP contribution in [-0.2, 0) is 19.1 Å². The summed E-state index contributed by atoms with van der Waals surface area (Å²) in [5.74, 6) is 3.58. The van der Waals surface area contributed by atoms with E-state index >= 15 is 0 Å². The molecule has 2 rings (SSSR count). The Labute approximate surface area is 250 Å². The minimum absolute atomic E-state index is 0.211. The Kier molecular flexibility index (Phi) is 11.7. The van der Waals surface area contributed by atoms with Crippen LogP contribution in [0.4, 0.5) is 15.3 Å². The second kappa shape index (κ2) is 14.7. The van der Waals surface area contributed by atoms with Crippen LogP contribution in [0.15, 0.2) is 48.5 Å². The van der Waals surface area contributed by atoms with Gasteiger partial charge in [-0.2, -0.15) is 0 Å². The van der Waals surface area contributed by atoms with Gasteiger partial charge in [0.2, 0.25) is 5.91 Å². The SMILES string of the molecule is CC(NC(=O)OC(C)(C)C)[C@H](NC(=O)c1ccc(C#Cc2ccc(NC(=O)CNC(=O)OC(C)(C)C)cc2)cc1)C(=O)O. The van der Waals surface area contributed by atoms with Crippen LogP contribution in [0.2, 0.25) is 0 Å². The van der Waals surface area contributed by atoms with Crippen molar-refractivity contribution in [1.29, 1.82) is 0 Å². The van der Waals surface area contributed by atoms with Crippen molar-refractivity contribution in [3.8, 4) is 11.8 Å². The lowest BCUT2D eigenvalue weighted by atomic mass is 10.1. The largest absolute Gasteiger partial charge is 0.480 e. The molecule has 0 aliphatic rings. The van der Waals surface area contributed by atoms with Gasteiger partial charge in [0.15, 0.2) is 0 Å². The number of carboxylic acid groups (broad SMARTS) is 1. The molecule has 5 N–H and O–H groups in total. The zero-order chi connectivity index (χ0) is 32.4. The van der Waals surface area contributed by atoms with Gasteiger partial charge in [0, 0.05) is 22.4 Å². The summed E-state index contributed by atoms with van der Waals surface area (Å²) in [5.41, 5.74) is 0.581. The predicted octanol–water partition coefficient (Wildman–Crippen LogP) is 3.65. The molecule has 2 aromatic carbocycles. The van der Waals surface area contributed by atoms with Gasteiger partial charge in [-0.3, -0.25) is 9.59 Å². The summed E-state index contributed by atoms with van der Waals surface area (Å²) in [4.78, 5) is 60.2. The second-order valence-electron chi connectivity index (χ2n) is 11.5. The molecule has 0 fully saturated rings. The third kappa shape index (κ3) is 13.0. The molecular weight excluding hydrogens is 556 g/mol. The van der Waals surface area contributed by atoms with Crippen LogP contribution in [0, 0.1) is 11.8 Å². The Morgan fingerprint density at radius 1 is 0.767 bits per heavy atom. The summed E-state index contributed by atoms with van der Waals surface area (Å²) in [6.45, 7) is 11.4. The zero-order valence-corrected chi connectivity index (χ0v) is 25.3. The van der Waals surface area contributed by atoms with Crippen molar-refractivity contribution < 1.29 is 38.6 Å². The first-order valence-electron chi connectivity index (χ1n) is 13.4. The summed E-state index contributed by atoms with van der Waals surface area (Å²) >= 11 is 0. The molecule has 230 valence electrons. The molecule has 0 radical (unpaired) electrons. The number of anilines is 1. The average molecular weight is 595 g/mol. The van der Waals surface area contributed by atoms with Gasteiger partial charge in [0.1, 0.15) is 23.8 Å². The number of hydrogen-bond acceptors (Lipinski definition) is 7. The van der Waals surface area contributed by atoms with E-state index in [1.807, 2.05) is 0 Å². The fourth-order valence-electron chi connectivity index (χ4n) is 3.36. The highest BCUT2D eigenvalue weighted by atomic mass is 16.6. The van der Waals surface area contributed by atoms with Crippen molar-refractivity contribution >= 4 is 35.7 Å². The molecule has 0 aromatic heterocycles. The van der Waals surface area contributed by atoms with Gasteiger partial charge >= 0.3 is 18.2 Å². The minimum atomic E-state index is -1.39. The smallest absolute Gasteiger partial charge is 0.408 e. The van der Waals surface area contributed by atoms with Crippen LogP contribution in [0.3, 0.4) is 0 Å². The number of nitrogens with one attached hydrogen (secondary N) is 4. The van der Waals surface area contributed by atoms with E-state index in [0.717, 1.165) is 0 Å². The number of hydrogen-bond donors (Lipinski definition) is 5. The predicted molar refractivity (Wildman–Crippen MR) is 159 cm³/mol. The third-order valence-electron chi connectivity index (χ3n) is 5.26. The Morgan fingerprint density at radius 3 is 1.74 bits per heavy atom. The Hall–Kier alpha value is -5.05. The lowest BCUT2D eigenvalue weighted by Gasteiger charge is -2.25. The number of rotatable bonds is 8. The first-order chi connectivity index (χ1) is 19.9. The average Bonchev–Trinajstić information content (AvgIpc) is 2.88. The summed E-state index contributed by atoms with van der Waals surface area (Å²) in [5, 5.41) is 19.5. The maximum atomic E-state index is 12.7. The van der Waals surface area contributed by atoms with E-state index in [9.17, 15) is 29.1 Å². The lowest BCUT2D eigenvalue weighted by molar-refractivity contribution is -0.139. The van der Waals surface area contributed by atoms with Crippen molar-refractivity contribution in [2.24, 2.45) is 0 Å². The summed E-state index contributed by atoms with van der Waals surface area (Å²) in [7, 11) is 0. The van der Waals surface area contributed by atoms with Crippen LogP contribution in [0.5, 0.6) is 0 Å². The van der Waals surface area contributed by atoms with Crippen molar-refractivity contribution in [1.82, 2.24) is 16.0 Å². The van der Waals surface area contributed by atoms with Gasteiger partial charge in [0.05, 0.1) is 6.04 Å². The fourth-order valence-corrected chi connectivity index (χ4v) is 3.36. The number of carbonyl (C=O) groups excluding carboxylic acids is 4. The maximum Gasteiger partial charge on any atom is 0.408 e. The monoisotopic (exact) mass is 594 g/mol. The molecule has 2 atom stereocenters. The quantitative estimate of drug-likeness (QED) is 0.288. The first kappa shape index (κ1) is 34.2. The van der Waals surface area contributed by atoms with Crippen LogP contribution >= 0.6 is 0 Å². The van der Waals surface area contributed by atoms with Crippen molar-refractivity contribution in [2.75, 3.05) is 11.9 Å². The van der Waals surface area contributed by atoms with Gasteiger partial charge in [0.25, 0.3) is 5.91 Å². The van der Waals surface area contributed by atoms with Crippen LogP contribution in [0.25, 0.3) is 0 Å². The normalized spacial score (nSPS) is 12.3. The lowest BCUT2D eigenvalue weighted by Crippen LogP contribution is -2.54. The minimum Gasteiger partial charge on any atom is -0.480 e. The molecule has 12 heteroatoms. The van der Waals surface area contributed by atoms with Gasteiger partial charge in [-0.05, 0) is 97.0 Å². The van der Waals surface area contributed by atoms with E-state index in [4.69, 9.17) is 9.47 Å². The zero-order valence-electron chi connectivity index (χ0n) is 25.3. The highest BCUT2D eigenvalue weighted by molar-refractivity contribution is 5.97. The highest BCUT2D eigenvalue weighted by Crippen LogP contribution is 2.11. The summed E-state index contributed by atoms with van der Waals surface area (Å²) < 4.78 is 10.2.